The summed E-state index contributed by atoms with van der Waals surface area (Å²) in [6.07, 6.45) is 6.33. The lowest BCUT2D eigenvalue weighted by Crippen LogP contribution is -2.43. The number of nitrogens with one attached hydrogen (secondary N) is 1. The maximum absolute atomic E-state index is 12.0. The summed E-state index contributed by atoms with van der Waals surface area (Å²) in [6, 6.07) is 7.50. The fourth-order valence-corrected chi connectivity index (χ4v) is 2.86. The predicted molar refractivity (Wildman–Crippen MR) is 82.4 cm³/mol. The topological polar surface area (TPSA) is 58.6 Å². The molecule has 116 valence electrons. The average molecular weight is 291 g/mol. The number of carbonyl (C=O) groups excluding carboxylic acids is 1. The molecule has 1 aromatic rings. The van der Waals surface area contributed by atoms with Crippen molar-refractivity contribution < 1.29 is 14.6 Å². The minimum absolute atomic E-state index is 0.0547. The highest BCUT2D eigenvalue weighted by molar-refractivity contribution is 5.78. The van der Waals surface area contributed by atoms with Gasteiger partial charge in [0.25, 0.3) is 0 Å². The van der Waals surface area contributed by atoms with E-state index in [0.717, 1.165) is 37.0 Å². The van der Waals surface area contributed by atoms with Crippen LogP contribution in [0.3, 0.4) is 0 Å². The molecule has 0 bridgehead atoms. The van der Waals surface area contributed by atoms with Gasteiger partial charge < -0.3 is 15.2 Å². The van der Waals surface area contributed by atoms with Gasteiger partial charge in [-0.2, -0.15) is 0 Å². The molecule has 1 aliphatic rings. The van der Waals surface area contributed by atoms with E-state index in [1.165, 1.54) is 12.8 Å². The van der Waals surface area contributed by atoms with Crippen LogP contribution in [-0.2, 0) is 11.2 Å². The van der Waals surface area contributed by atoms with Crippen molar-refractivity contribution in [1.29, 1.82) is 0 Å². The van der Waals surface area contributed by atoms with Gasteiger partial charge in [-0.1, -0.05) is 37.8 Å². The number of amides is 1. The molecule has 0 aliphatic heterocycles. The number of benzene rings is 1. The highest BCUT2D eigenvalue weighted by atomic mass is 16.5. The molecule has 0 spiro atoms. The fourth-order valence-electron chi connectivity index (χ4n) is 2.86. The Hall–Kier alpha value is -1.55. The van der Waals surface area contributed by atoms with Gasteiger partial charge in [-0.05, 0) is 30.5 Å². The summed E-state index contributed by atoms with van der Waals surface area (Å²) in [7, 11) is 1.61. The van der Waals surface area contributed by atoms with Crippen LogP contribution in [0.15, 0.2) is 24.3 Å². The van der Waals surface area contributed by atoms with Crippen LogP contribution >= 0.6 is 0 Å². The van der Waals surface area contributed by atoms with Crippen LogP contribution in [0.1, 0.15) is 44.1 Å². The highest BCUT2D eigenvalue weighted by Gasteiger charge is 2.28. The van der Waals surface area contributed by atoms with Crippen molar-refractivity contribution in [2.45, 2.75) is 50.5 Å². The summed E-state index contributed by atoms with van der Waals surface area (Å²) in [5, 5.41) is 13.4. The lowest BCUT2D eigenvalue weighted by atomic mass is 9.94. The van der Waals surface area contributed by atoms with Gasteiger partial charge >= 0.3 is 0 Å². The number of methoxy groups -OCH3 is 1. The van der Waals surface area contributed by atoms with E-state index in [1.807, 2.05) is 24.3 Å². The van der Waals surface area contributed by atoms with E-state index >= 15 is 0 Å². The van der Waals surface area contributed by atoms with Crippen LogP contribution in [0, 0.1) is 0 Å². The number of hydrogen-bond acceptors (Lipinski definition) is 3. The number of carbonyl (C=O) groups is 1. The van der Waals surface area contributed by atoms with Gasteiger partial charge in [-0.15, -0.1) is 0 Å². The molecular formula is C17H25NO3. The monoisotopic (exact) mass is 291 g/mol. The first kappa shape index (κ1) is 15.8. The largest absolute Gasteiger partial charge is 0.497 e. The molecule has 4 heteroatoms. The van der Waals surface area contributed by atoms with Crippen molar-refractivity contribution in [1.82, 2.24) is 5.32 Å². The van der Waals surface area contributed by atoms with E-state index in [9.17, 15) is 9.90 Å². The summed E-state index contributed by atoms with van der Waals surface area (Å²) in [4.78, 5) is 12.0. The average Bonchev–Trinajstić information content (AvgIpc) is 2.71. The molecule has 0 heterocycles. The van der Waals surface area contributed by atoms with Crippen LogP contribution < -0.4 is 10.1 Å². The molecule has 4 nitrogen and oxygen atoms in total. The SMILES string of the molecule is COc1cccc(CC(=O)NCC2(O)CCCCCC2)c1. The number of rotatable bonds is 5. The van der Waals surface area contributed by atoms with Gasteiger partial charge in [0.1, 0.15) is 5.75 Å². The third-order valence-corrected chi connectivity index (χ3v) is 4.15. The third kappa shape index (κ3) is 5.05. The van der Waals surface area contributed by atoms with E-state index in [1.54, 1.807) is 7.11 Å². The molecule has 0 atom stereocenters. The Morgan fingerprint density at radius 3 is 2.67 bits per heavy atom. The van der Waals surface area contributed by atoms with Crippen LogP contribution in [0.5, 0.6) is 5.75 Å². The van der Waals surface area contributed by atoms with Crippen LogP contribution in [0.2, 0.25) is 0 Å². The molecule has 0 saturated heterocycles. The Morgan fingerprint density at radius 2 is 2.00 bits per heavy atom. The molecular weight excluding hydrogens is 266 g/mol. The van der Waals surface area contributed by atoms with Crippen molar-refractivity contribution in [2.24, 2.45) is 0 Å². The molecule has 1 saturated carbocycles. The van der Waals surface area contributed by atoms with Gasteiger partial charge in [0.2, 0.25) is 5.91 Å². The lowest BCUT2D eigenvalue weighted by molar-refractivity contribution is -0.121. The van der Waals surface area contributed by atoms with E-state index in [2.05, 4.69) is 5.32 Å². The predicted octanol–water partition coefficient (Wildman–Crippen LogP) is 2.44. The van der Waals surface area contributed by atoms with Crippen LogP contribution in [0.25, 0.3) is 0 Å². The van der Waals surface area contributed by atoms with Gasteiger partial charge in [0.15, 0.2) is 0 Å². The van der Waals surface area contributed by atoms with Gasteiger partial charge in [-0.25, -0.2) is 0 Å². The minimum atomic E-state index is -0.722. The molecule has 1 aromatic carbocycles. The third-order valence-electron chi connectivity index (χ3n) is 4.15. The second-order valence-corrected chi connectivity index (χ2v) is 5.94. The van der Waals surface area contributed by atoms with Gasteiger partial charge in [0, 0.05) is 6.54 Å². The van der Waals surface area contributed by atoms with Crippen LogP contribution in [0.4, 0.5) is 0 Å². The lowest BCUT2D eigenvalue weighted by Gasteiger charge is -2.26. The van der Waals surface area contributed by atoms with Crippen molar-refractivity contribution >= 4 is 5.91 Å². The second kappa shape index (κ2) is 7.46. The zero-order valence-electron chi connectivity index (χ0n) is 12.7. The zero-order valence-corrected chi connectivity index (χ0v) is 12.7. The standard InChI is InChI=1S/C17H25NO3/c1-21-15-8-6-7-14(11-15)12-16(19)18-13-17(20)9-4-2-3-5-10-17/h6-8,11,20H,2-5,9-10,12-13H2,1H3,(H,18,19). The molecule has 2 rings (SSSR count). The summed E-state index contributed by atoms with van der Waals surface area (Å²) in [5.41, 5.74) is 0.195. The van der Waals surface area contributed by atoms with E-state index in [-0.39, 0.29) is 5.91 Å². The molecule has 1 fully saturated rings. The van der Waals surface area contributed by atoms with Gasteiger partial charge in [-0.3, -0.25) is 4.79 Å². The molecule has 1 amide bonds. The Balaban J connectivity index is 1.83. The number of hydrogen-bond donors (Lipinski definition) is 2. The fraction of sp³-hybridized carbons (Fsp3) is 0.588. The quantitative estimate of drug-likeness (QED) is 0.819. The first-order valence-corrected chi connectivity index (χ1v) is 7.73. The van der Waals surface area contributed by atoms with Crippen molar-refractivity contribution in [3.05, 3.63) is 29.8 Å². The smallest absolute Gasteiger partial charge is 0.224 e. The van der Waals surface area contributed by atoms with Gasteiger partial charge in [0.05, 0.1) is 19.1 Å². The summed E-state index contributed by atoms with van der Waals surface area (Å²) >= 11 is 0. The molecule has 0 radical (unpaired) electrons. The molecule has 2 N–H and O–H groups in total. The summed E-state index contributed by atoms with van der Waals surface area (Å²) in [6.45, 7) is 0.357. The second-order valence-electron chi connectivity index (χ2n) is 5.94. The van der Waals surface area contributed by atoms with Crippen molar-refractivity contribution in [2.75, 3.05) is 13.7 Å². The first-order valence-electron chi connectivity index (χ1n) is 7.73. The van der Waals surface area contributed by atoms with E-state index in [4.69, 9.17) is 4.74 Å². The maximum atomic E-state index is 12.0. The molecule has 21 heavy (non-hydrogen) atoms. The highest BCUT2D eigenvalue weighted by Crippen LogP contribution is 2.26. The van der Waals surface area contributed by atoms with Crippen molar-refractivity contribution in [3.63, 3.8) is 0 Å². The minimum Gasteiger partial charge on any atom is -0.497 e. The summed E-state index contributed by atoms with van der Waals surface area (Å²) < 4.78 is 5.15. The zero-order chi connectivity index (χ0) is 15.1. The molecule has 0 aromatic heterocycles. The summed E-state index contributed by atoms with van der Waals surface area (Å²) in [5.74, 6) is 0.698. The Labute approximate surface area is 126 Å². The number of ether oxygens (including phenoxy) is 1. The number of aliphatic hydroxyl groups is 1. The Bertz CT molecular complexity index is 465. The van der Waals surface area contributed by atoms with E-state index < -0.39 is 5.60 Å². The normalized spacial score (nSPS) is 17.8. The van der Waals surface area contributed by atoms with Crippen molar-refractivity contribution in [3.8, 4) is 5.75 Å². The van der Waals surface area contributed by atoms with Crippen LogP contribution in [-0.4, -0.2) is 30.3 Å². The maximum Gasteiger partial charge on any atom is 0.224 e. The first-order chi connectivity index (χ1) is 10.1. The molecule has 1 aliphatic carbocycles. The Kier molecular flexibility index (Phi) is 5.62. The Morgan fingerprint density at radius 1 is 1.29 bits per heavy atom. The van der Waals surface area contributed by atoms with E-state index in [0.29, 0.717) is 13.0 Å². The molecule has 0 unspecified atom stereocenters.